The van der Waals surface area contributed by atoms with Crippen molar-refractivity contribution in [3.8, 4) is 5.75 Å². The van der Waals surface area contributed by atoms with Crippen LogP contribution in [-0.2, 0) is 9.53 Å². The van der Waals surface area contributed by atoms with Crippen LogP contribution in [0.4, 0.5) is 0 Å². The monoisotopic (exact) mass is 386 g/mol. The maximum atomic E-state index is 13.8. The third-order valence-electron chi connectivity index (χ3n) is 7.80. The molecule has 0 unspecified atom stereocenters. The predicted molar refractivity (Wildman–Crippen MR) is 104 cm³/mol. The highest BCUT2D eigenvalue weighted by molar-refractivity contribution is 6.16. The lowest BCUT2D eigenvalue weighted by Crippen LogP contribution is -2.64. The summed E-state index contributed by atoms with van der Waals surface area (Å²) < 4.78 is 11.6. The molecular weight excluding hydrogens is 356 g/mol. The summed E-state index contributed by atoms with van der Waals surface area (Å²) in [6, 6.07) is 7.06. The first-order valence-electron chi connectivity index (χ1n) is 10.2. The van der Waals surface area contributed by atoms with Crippen molar-refractivity contribution in [3.63, 3.8) is 0 Å². The second-order valence-corrected chi connectivity index (χ2v) is 9.77. The molecule has 4 rings (SSSR count). The van der Waals surface area contributed by atoms with E-state index in [4.69, 9.17) is 9.47 Å². The van der Waals surface area contributed by atoms with Crippen LogP contribution in [0, 0.1) is 16.7 Å². The largest absolute Gasteiger partial charge is 0.485 e. The van der Waals surface area contributed by atoms with Crippen molar-refractivity contribution in [2.24, 2.45) is 16.7 Å². The highest BCUT2D eigenvalue weighted by Gasteiger charge is 2.70. The minimum Gasteiger partial charge on any atom is -0.485 e. The average Bonchev–Trinajstić information content (AvgIpc) is 2.74. The van der Waals surface area contributed by atoms with E-state index in [1.54, 1.807) is 18.2 Å². The fraction of sp³-hybridized carbons (Fsp3) is 0.652. The molecule has 0 saturated heterocycles. The first kappa shape index (κ1) is 19.4. The van der Waals surface area contributed by atoms with E-state index < -0.39 is 22.6 Å². The van der Waals surface area contributed by atoms with E-state index in [-0.39, 0.29) is 23.5 Å². The average molecular weight is 386 g/mol. The lowest BCUT2D eigenvalue weighted by atomic mass is 9.56. The number of fused-ring (bicyclic) bond motifs is 3. The molecule has 5 nitrogen and oxygen atoms in total. The molecule has 152 valence electrons. The molecule has 0 spiro atoms. The summed E-state index contributed by atoms with van der Waals surface area (Å²) in [6.45, 7) is 6.20. The lowest BCUT2D eigenvalue weighted by Gasteiger charge is -2.52. The van der Waals surface area contributed by atoms with E-state index in [1.165, 1.54) is 7.11 Å². The Morgan fingerprint density at radius 3 is 2.61 bits per heavy atom. The Kier molecular flexibility index (Phi) is 4.20. The van der Waals surface area contributed by atoms with Crippen LogP contribution in [0.15, 0.2) is 24.3 Å². The van der Waals surface area contributed by atoms with E-state index in [0.717, 1.165) is 12.8 Å². The van der Waals surface area contributed by atoms with Gasteiger partial charge in [0.05, 0.1) is 18.3 Å². The first-order valence-corrected chi connectivity index (χ1v) is 10.2. The molecule has 2 saturated carbocycles. The van der Waals surface area contributed by atoms with E-state index in [1.807, 2.05) is 13.0 Å². The molecule has 1 N–H and O–H groups in total. The first-order chi connectivity index (χ1) is 13.1. The van der Waals surface area contributed by atoms with E-state index in [2.05, 4.69) is 13.8 Å². The van der Waals surface area contributed by atoms with Crippen LogP contribution in [0.2, 0.25) is 0 Å². The number of Topliss-reactive ketones (excluding diaryl/α,β-unsaturated/α-hetero) is 1. The van der Waals surface area contributed by atoms with Crippen LogP contribution >= 0.6 is 0 Å². The van der Waals surface area contributed by atoms with Gasteiger partial charge in [-0.3, -0.25) is 9.59 Å². The third-order valence-corrected chi connectivity index (χ3v) is 7.80. The standard InChI is InChI=1S/C23H30O5/c1-20(2)11-7-12-22(26)14-23(19(25)27-4)18(24)15-8-5-6-9-16(15)28-21(23,3)13-10-17(20)22/h5-6,8-9,17,26H,7,10-14H2,1-4H3/t17-,21+,22+,23+/m1/s1. The number of aliphatic hydroxyl groups is 1. The van der Waals surface area contributed by atoms with Crippen molar-refractivity contribution in [2.75, 3.05) is 7.11 Å². The number of benzene rings is 1. The van der Waals surface area contributed by atoms with Crippen LogP contribution < -0.4 is 4.74 Å². The second-order valence-electron chi connectivity index (χ2n) is 9.77. The number of ketones is 1. The number of hydrogen-bond acceptors (Lipinski definition) is 5. The van der Waals surface area contributed by atoms with Crippen LogP contribution in [0.25, 0.3) is 0 Å². The molecular formula is C23H30O5. The number of rotatable bonds is 1. The number of carbonyl (C=O) groups is 2. The maximum Gasteiger partial charge on any atom is 0.324 e. The van der Waals surface area contributed by atoms with Gasteiger partial charge in [0.2, 0.25) is 0 Å². The third kappa shape index (κ3) is 2.41. The highest BCUT2D eigenvalue weighted by atomic mass is 16.5. The Hall–Kier alpha value is -1.88. The molecule has 1 aromatic carbocycles. The molecule has 2 fully saturated rings. The Balaban J connectivity index is 1.93. The maximum absolute atomic E-state index is 13.8. The smallest absolute Gasteiger partial charge is 0.324 e. The Morgan fingerprint density at radius 2 is 1.89 bits per heavy atom. The van der Waals surface area contributed by atoms with Gasteiger partial charge >= 0.3 is 5.97 Å². The molecule has 0 bridgehead atoms. The van der Waals surface area contributed by atoms with Crippen molar-refractivity contribution >= 4 is 11.8 Å². The van der Waals surface area contributed by atoms with Crippen LogP contribution in [-0.4, -0.2) is 35.2 Å². The Bertz CT molecular complexity index is 830. The summed E-state index contributed by atoms with van der Waals surface area (Å²) in [5, 5.41) is 11.8. The van der Waals surface area contributed by atoms with Crippen LogP contribution in [0.3, 0.4) is 0 Å². The number of esters is 1. The van der Waals surface area contributed by atoms with Gasteiger partial charge in [0.15, 0.2) is 11.2 Å². The van der Waals surface area contributed by atoms with Gasteiger partial charge < -0.3 is 14.6 Å². The number of ether oxygens (including phenoxy) is 2. The molecule has 0 amide bonds. The van der Waals surface area contributed by atoms with Gasteiger partial charge in [0.1, 0.15) is 11.4 Å². The Labute approximate surface area is 166 Å². The number of para-hydroxylation sites is 1. The summed E-state index contributed by atoms with van der Waals surface area (Å²) in [6.07, 6.45) is 3.75. The summed E-state index contributed by atoms with van der Waals surface area (Å²) in [7, 11) is 1.31. The molecule has 3 aliphatic rings. The summed E-state index contributed by atoms with van der Waals surface area (Å²) in [4.78, 5) is 27.1. The SMILES string of the molecule is COC(=O)[C@@]12C[C@@]3(O)CCCC(C)(C)[C@H]3CC[C@]1(C)Oc1ccccc1C2=O. The summed E-state index contributed by atoms with van der Waals surface area (Å²) in [5.74, 6) is -0.393. The number of carbonyl (C=O) groups excluding carboxylic acids is 2. The zero-order chi connectivity index (χ0) is 20.4. The molecule has 28 heavy (non-hydrogen) atoms. The van der Waals surface area contributed by atoms with Crippen molar-refractivity contribution in [1.82, 2.24) is 0 Å². The molecule has 4 atom stereocenters. The van der Waals surface area contributed by atoms with E-state index in [0.29, 0.717) is 30.6 Å². The van der Waals surface area contributed by atoms with Crippen molar-refractivity contribution < 1.29 is 24.2 Å². The van der Waals surface area contributed by atoms with Gasteiger partial charge in [0, 0.05) is 6.42 Å². The van der Waals surface area contributed by atoms with Gasteiger partial charge in [-0.15, -0.1) is 0 Å². The molecule has 1 aliphatic heterocycles. The molecule has 0 radical (unpaired) electrons. The topological polar surface area (TPSA) is 72.8 Å². The quantitative estimate of drug-likeness (QED) is 0.585. The van der Waals surface area contributed by atoms with Crippen LogP contribution in [0.1, 0.15) is 69.7 Å². The van der Waals surface area contributed by atoms with Gasteiger partial charge in [0.25, 0.3) is 0 Å². The lowest BCUT2D eigenvalue weighted by molar-refractivity contribution is -0.173. The number of hydrogen-bond donors (Lipinski definition) is 1. The number of methoxy groups -OCH3 is 1. The fourth-order valence-corrected chi connectivity index (χ4v) is 6.31. The Morgan fingerprint density at radius 1 is 1.18 bits per heavy atom. The molecule has 5 heteroatoms. The van der Waals surface area contributed by atoms with Gasteiger partial charge in [-0.2, -0.15) is 0 Å². The van der Waals surface area contributed by atoms with Crippen molar-refractivity contribution in [3.05, 3.63) is 29.8 Å². The van der Waals surface area contributed by atoms with E-state index in [9.17, 15) is 14.7 Å². The summed E-state index contributed by atoms with van der Waals surface area (Å²) >= 11 is 0. The minimum atomic E-state index is -1.55. The normalized spacial score (nSPS) is 38.9. The van der Waals surface area contributed by atoms with Gasteiger partial charge in [-0.25, -0.2) is 0 Å². The van der Waals surface area contributed by atoms with Crippen molar-refractivity contribution in [1.29, 1.82) is 0 Å². The fourth-order valence-electron chi connectivity index (χ4n) is 6.31. The highest BCUT2D eigenvalue weighted by Crippen LogP contribution is 2.61. The molecule has 1 aromatic rings. The van der Waals surface area contributed by atoms with E-state index >= 15 is 0 Å². The van der Waals surface area contributed by atoms with Gasteiger partial charge in [-0.05, 0) is 56.1 Å². The second kappa shape index (κ2) is 6.06. The van der Waals surface area contributed by atoms with Crippen LogP contribution in [0.5, 0.6) is 5.75 Å². The summed E-state index contributed by atoms with van der Waals surface area (Å²) in [5.41, 5.74) is -3.38. The van der Waals surface area contributed by atoms with Crippen molar-refractivity contribution in [2.45, 2.75) is 70.5 Å². The molecule has 1 heterocycles. The zero-order valence-electron chi connectivity index (χ0n) is 17.2. The zero-order valence-corrected chi connectivity index (χ0v) is 17.2. The molecule has 0 aromatic heterocycles. The van der Waals surface area contributed by atoms with Gasteiger partial charge in [-0.1, -0.05) is 32.4 Å². The predicted octanol–water partition coefficient (Wildman–Crippen LogP) is 3.92. The molecule has 2 aliphatic carbocycles. The minimum absolute atomic E-state index is 0.00258.